The molecule has 0 fully saturated rings. The number of aryl methyl sites for hydroxylation is 2. The Morgan fingerprint density at radius 3 is 2.52 bits per heavy atom. The molecule has 128 valence electrons. The van der Waals surface area contributed by atoms with Crippen LogP contribution in [0, 0.1) is 6.92 Å². The van der Waals surface area contributed by atoms with Crippen molar-refractivity contribution in [3.63, 3.8) is 0 Å². The minimum Gasteiger partial charge on any atom is -0.486 e. The molecule has 0 saturated heterocycles. The molecule has 0 aliphatic heterocycles. The van der Waals surface area contributed by atoms with E-state index in [2.05, 4.69) is 33.3 Å². The summed E-state index contributed by atoms with van der Waals surface area (Å²) in [6.45, 7) is 4.35. The van der Waals surface area contributed by atoms with Gasteiger partial charge in [0.15, 0.2) is 5.82 Å². The smallest absolute Gasteiger partial charge is 0.232 e. The van der Waals surface area contributed by atoms with E-state index in [0.717, 1.165) is 17.9 Å². The first-order chi connectivity index (χ1) is 12.1. The van der Waals surface area contributed by atoms with E-state index in [9.17, 15) is 0 Å². The molecule has 1 aromatic heterocycles. The van der Waals surface area contributed by atoms with Gasteiger partial charge in [-0.15, -0.1) is 0 Å². The molecule has 6 nitrogen and oxygen atoms in total. The number of ether oxygens (including phenoxy) is 1. The van der Waals surface area contributed by atoms with Gasteiger partial charge in [-0.05, 0) is 37.1 Å². The highest BCUT2D eigenvalue weighted by Crippen LogP contribution is 2.20. The molecule has 0 spiro atoms. The maximum Gasteiger partial charge on any atom is 0.232 e. The van der Waals surface area contributed by atoms with Crippen LogP contribution in [0.1, 0.15) is 23.9 Å². The average Bonchev–Trinajstić information content (AvgIpc) is 2.61. The fourth-order valence-corrected chi connectivity index (χ4v) is 2.41. The third-order valence-electron chi connectivity index (χ3n) is 3.73. The van der Waals surface area contributed by atoms with E-state index in [1.807, 2.05) is 49.4 Å². The standard InChI is InChI=1S/C19H21N5O/c1-3-14-6-4-5-7-16(14)21-19-23-17(22-18(20)24-19)12-25-15-10-8-13(2)9-11-15/h4-11H,3,12H2,1-2H3,(H3,20,21,22,23,24). The number of nitrogens with one attached hydrogen (secondary N) is 1. The van der Waals surface area contributed by atoms with Gasteiger partial charge in [0.05, 0.1) is 0 Å². The van der Waals surface area contributed by atoms with Crippen LogP contribution in [0.25, 0.3) is 0 Å². The van der Waals surface area contributed by atoms with Crippen molar-refractivity contribution in [2.24, 2.45) is 0 Å². The average molecular weight is 335 g/mol. The summed E-state index contributed by atoms with van der Waals surface area (Å²) in [5.41, 5.74) is 9.13. The lowest BCUT2D eigenvalue weighted by Gasteiger charge is -2.11. The third-order valence-corrected chi connectivity index (χ3v) is 3.73. The van der Waals surface area contributed by atoms with E-state index < -0.39 is 0 Å². The van der Waals surface area contributed by atoms with E-state index in [1.54, 1.807) is 0 Å². The molecule has 25 heavy (non-hydrogen) atoms. The largest absolute Gasteiger partial charge is 0.486 e. The fourth-order valence-electron chi connectivity index (χ4n) is 2.41. The number of nitrogens with zero attached hydrogens (tertiary/aromatic N) is 3. The maximum atomic E-state index is 5.81. The maximum absolute atomic E-state index is 5.81. The SMILES string of the molecule is CCc1ccccc1Nc1nc(N)nc(COc2ccc(C)cc2)n1. The number of aromatic nitrogens is 3. The van der Waals surface area contributed by atoms with Gasteiger partial charge in [-0.1, -0.05) is 42.8 Å². The first-order valence-electron chi connectivity index (χ1n) is 8.19. The summed E-state index contributed by atoms with van der Waals surface area (Å²) in [6.07, 6.45) is 0.910. The minimum absolute atomic E-state index is 0.161. The lowest BCUT2D eigenvalue weighted by molar-refractivity contribution is 0.296. The highest BCUT2D eigenvalue weighted by Gasteiger charge is 2.08. The zero-order valence-corrected chi connectivity index (χ0v) is 14.4. The van der Waals surface area contributed by atoms with Crippen LogP contribution >= 0.6 is 0 Å². The molecule has 3 aromatic rings. The highest BCUT2D eigenvalue weighted by molar-refractivity contribution is 5.58. The summed E-state index contributed by atoms with van der Waals surface area (Å²) >= 11 is 0. The van der Waals surface area contributed by atoms with Gasteiger partial charge in [0, 0.05) is 5.69 Å². The lowest BCUT2D eigenvalue weighted by Crippen LogP contribution is -2.10. The normalized spacial score (nSPS) is 10.5. The Labute approximate surface area is 147 Å². The molecule has 0 bridgehead atoms. The molecule has 3 rings (SSSR count). The van der Waals surface area contributed by atoms with Crippen LogP contribution in [0.5, 0.6) is 5.75 Å². The second kappa shape index (κ2) is 7.61. The van der Waals surface area contributed by atoms with Crippen LogP contribution < -0.4 is 15.8 Å². The van der Waals surface area contributed by atoms with Crippen molar-refractivity contribution in [1.29, 1.82) is 0 Å². The highest BCUT2D eigenvalue weighted by atomic mass is 16.5. The van der Waals surface area contributed by atoms with Crippen LogP contribution in [0.15, 0.2) is 48.5 Å². The molecular weight excluding hydrogens is 314 g/mol. The van der Waals surface area contributed by atoms with Gasteiger partial charge in [0.2, 0.25) is 11.9 Å². The minimum atomic E-state index is 0.161. The predicted molar refractivity (Wildman–Crippen MR) is 98.9 cm³/mol. The predicted octanol–water partition coefficient (Wildman–Crippen LogP) is 3.65. The van der Waals surface area contributed by atoms with Gasteiger partial charge >= 0.3 is 0 Å². The van der Waals surface area contributed by atoms with Gasteiger partial charge < -0.3 is 15.8 Å². The third kappa shape index (κ3) is 4.44. The summed E-state index contributed by atoms with van der Waals surface area (Å²) in [4.78, 5) is 12.7. The zero-order chi connectivity index (χ0) is 17.6. The summed E-state index contributed by atoms with van der Waals surface area (Å²) in [7, 11) is 0. The Morgan fingerprint density at radius 1 is 1.00 bits per heavy atom. The van der Waals surface area contributed by atoms with Crippen molar-refractivity contribution in [2.75, 3.05) is 11.1 Å². The van der Waals surface area contributed by atoms with Crippen molar-refractivity contribution in [2.45, 2.75) is 26.9 Å². The molecule has 3 N–H and O–H groups in total. The van der Waals surface area contributed by atoms with Crippen LogP contribution in [-0.4, -0.2) is 15.0 Å². The first kappa shape index (κ1) is 16.7. The van der Waals surface area contributed by atoms with Crippen molar-refractivity contribution >= 4 is 17.6 Å². The molecule has 0 amide bonds. The number of para-hydroxylation sites is 1. The van der Waals surface area contributed by atoms with E-state index in [4.69, 9.17) is 10.5 Å². The Morgan fingerprint density at radius 2 is 1.76 bits per heavy atom. The van der Waals surface area contributed by atoms with Gasteiger partial charge in [0.1, 0.15) is 12.4 Å². The summed E-state index contributed by atoms with van der Waals surface area (Å²) in [5, 5.41) is 3.21. The number of rotatable bonds is 6. The number of benzene rings is 2. The van der Waals surface area contributed by atoms with Crippen molar-refractivity contribution in [1.82, 2.24) is 15.0 Å². The number of nitrogen functional groups attached to an aromatic ring is 1. The van der Waals surface area contributed by atoms with Crippen LogP contribution in [0.3, 0.4) is 0 Å². The lowest BCUT2D eigenvalue weighted by atomic mass is 10.1. The molecule has 0 unspecified atom stereocenters. The van der Waals surface area contributed by atoms with Crippen molar-refractivity contribution in [3.05, 3.63) is 65.5 Å². The van der Waals surface area contributed by atoms with E-state index >= 15 is 0 Å². The zero-order valence-electron chi connectivity index (χ0n) is 14.4. The van der Waals surface area contributed by atoms with Crippen LogP contribution in [0.2, 0.25) is 0 Å². The molecule has 0 saturated carbocycles. The molecule has 0 aliphatic rings. The van der Waals surface area contributed by atoms with Crippen molar-refractivity contribution < 1.29 is 4.74 Å². The fraction of sp³-hybridized carbons (Fsp3) is 0.211. The Kier molecular flexibility index (Phi) is 5.09. The topological polar surface area (TPSA) is 86.0 Å². The van der Waals surface area contributed by atoms with Crippen LogP contribution in [0.4, 0.5) is 17.6 Å². The van der Waals surface area contributed by atoms with Gasteiger partial charge in [0.25, 0.3) is 0 Å². The second-order valence-electron chi connectivity index (χ2n) is 5.67. The van der Waals surface area contributed by atoms with Crippen molar-refractivity contribution in [3.8, 4) is 5.75 Å². The van der Waals surface area contributed by atoms with E-state index in [1.165, 1.54) is 11.1 Å². The van der Waals surface area contributed by atoms with E-state index in [0.29, 0.717) is 11.8 Å². The Hall–Kier alpha value is -3.15. The van der Waals surface area contributed by atoms with Crippen LogP contribution in [-0.2, 0) is 13.0 Å². The molecule has 0 radical (unpaired) electrons. The summed E-state index contributed by atoms with van der Waals surface area (Å²) in [6, 6.07) is 15.8. The molecular formula is C19H21N5O. The monoisotopic (exact) mass is 335 g/mol. The molecule has 1 heterocycles. The summed E-state index contributed by atoms with van der Waals surface area (Å²) < 4.78 is 5.72. The number of nitrogens with two attached hydrogens (primary N) is 1. The molecule has 0 aliphatic carbocycles. The molecule has 6 heteroatoms. The summed E-state index contributed by atoms with van der Waals surface area (Å²) in [5.74, 6) is 1.81. The number of hydrogen-bond acceptors (Lipinski definition) is 6. The van der Waals surface area contributed by atoms with Gasteiger partial charge in [-0.2, -0.15) is 15.0 Å². The van der Waals surface area contributed by atoms with Gasteiger partial charge in [-0.25, -0.2) is 0 Å². The van der Waals surface area contributed by atoms with E-state index in [-0.39, 0.29) is 12.6 Å². The quantitative estimate of drug-likeness (QED) is 0.715. The van der Waals surface area contributed by atoms with Gasteiger partial charge in [-0.3, -0.25) is 0 Å². The molecule has 2 aromatic carbocycles. The Bertz CT molecular complexity index is 849. The second-order valence-corrected chi connectivity index (χ2v) is 5.67. The first-order valence-corrected chi connectivity index (χ1v) is 8.19. The molecule has 0 atom stereocenters. The Balaban J connectivity index is 1.75. The number of anilines is 3. The number of hydrogen-bond donors (Lipinski definition) is 2.